The van der Waals surface area contributed by atoms with Crippen LogP contribution in [0.25, 0.3) is 0 Å². The highest BCUT2D eigenvalue weighted by atomic mass is 79.9. The second-order valence-electron chi connectivity index (χ2n) is 3.64. The van der Waals surface area contributed by atoms with Crippen molar-refractivity contribution >= 4 is 33.5 Å². The molecule has 0 fully saturated rings. The molecule has 1 aromatic carbocycles. The van der Waals surface area contributed by atoms with E-state index in [2.05, 4.69) is 21.2 Å². The van der Waals surface area contributed by atoms with E-state index >= 15 is 0 Å². The first-order valence-electron chi connectivity index (χ1n) is 4.75. The van der Waals surface area contributed by atoms with Crippen LogP contribution in [0.5, 0.6) is 0 Å². The summed E-state index contributed by atoms with van der Waals surface area (Å²) in [6.07, 6.45) is 0. The van der Waals surface area contributed by atoms with Crippen LogP contribution in [0, 0.1) is 5.92 Å². The summed E-state index contributed by atoms with van der Waals surface area (Å²) in [6.45, 7) is 3.49. The van der Waals surface area contributed by atoms with E-state index in [4.69, 9.17) is 5.11 Å². The second-order valence-corrected chi connectivity index (χ2v) is 4.55. The Morgan fingerprint density at radius 2 is 2.00 bits per heavy atom. The smallest absolute Gasteiger partial charge is 0.337 e. The second kappa shape index (κ2) is 5.12. The molecule has 0 aromatic heterocycles. The number of carbonyl (C=O) groups excluding carboxylic acids is 1. The summed E-state index contributed by atoms with van der Waals surface area (Å²) in [4.78, 5) is 22.4. The van der Waals surface area contributed by atoms with Gasteiger partial charge in [0.05, 0.1) is 11.3 Å². The maximum atomic E-state index is 11.5. The molecule has 0 bridgehead atoms. The zero-order valence-electron chi connectivity index (χ0n) is 8.95. The fraction of sp³-hybridized carbons (Fsp3) is 0.273. The summed E-state index contributed by atoms with van der Waals surface area (Å²) >= 11 is 3.18. The van der Waals surface area contributed by atoms with Gasteiger partial charge in [-0.2, -0.15) is 0 Å². The number of hydrogen-bond donors (Lipinski definition) is 2. The first-order valence-corrected chi connectivity index (χ1v) is 5.55. The molecule has 0 saturated heterocycles. The summed E-state index contributed by atoms with van der Waals surface area (Å²) in [5, 5.41) is 11.5. The van der Waals surface area contributed by atoms with Crippen LogP contribution < -0.4 is 5.32 Å². The maximum absolute atomic E-state index is 11.5. The zero-order valence-corrected chi connectivity index (χ0v) is 10.5. The van der Waals surface area contributed by atoms with Crippen LogP contribution in [0.15, 0.2) is 22.7 Å². The number of amides is 1. The number of halogens is 1. The van der Waals surface area contributed by atoms with Gasteiger partial charge in [-0.15, -0.1) is 0 Å². The molecule has 0 atom stereocenters. The van der Waals surface area contributed by atoms with Crippen LogP contribution in [0.3, 0.4) is 0 Å². The van der Waals surface area contributed by atoms with Gasteiger partial charge in [-0.1, -0.05) is 29.8 Å². The highest BCUT2D eigenvalue weighted by molar-refractivity contribution is 9.10. The molecule has 0 aliphatic carbocycles. The van der Waals surface area contributed by atoms with E-state index in [9.17, 15) is 9.59 Å². The monoisotopic (exact) mass is 285 g/mol. The number of nitrogens with one attached hydrogen (secondary N) is 1. The molecule has 0 saturated carbocycles. The van der Waals surface area contributed by atoms with Gasteiger partial charge in [-0.3, -0.25) is 4.79 Å². The maximum Gasteiger partial charge on any atom is 0.337 e. The zero-order chi connectivity index (χ0) is 12.3. The normalized spacial score (nSPS) is 10.2. The number of carbonyl (C=O) groups is 2. The molecule has 0 radical (unpaired) electrons. The standard InChI is InChI=1S/C11H12BrNO3/c1-6(2)10(14)13-9-4-3-7(12)5-8(9)11(15)16/h3-6H,1-2H3,(H,13,14)(H,15,16). The van der Waals surface area contributed by atoms with E-state index in [0.29, 0.717) is 10.2 Å². The lowest BCUT2D eigenvalue weighted by atomic mass is 10.1. The minimum absolute atomic E-state index is 0.0726. The summed E-state index contributed by atoms with van der Waals surface area (Å²) in [7, 11) is 0. The Morgan fingerprint density at radius 1 is 1.38 bits per heavy atom. The van der Waals surface area contributed by atoms with Crippen LogP contribution in [0.2, 0.25) is 0 Å². The molecule has 2 N–H and O–H groups in total. The van der Waals surface area contributed by atoms with Crippen LogP contribution in [-0.2, 0) is 4.79 Å². The highest BCUT2D eigenvalue weighted by Gasteiger charge is 2.14. The number of carboxylic acid groups (broad SMARTS) is 1. The summed E-state index contributed by atoms with van der Waals surface area (Å²) in [5.74, 6) is -1.46. The molecular weight excluding hydrogens is 274 g/mol. The predicted octanol–water partition coefficient (Wildman–Crippen LogP) is 2.74. The minimum Gasteiger partial charge on any atom is -0.478 e. The van der Waals surface area contributed by atoms with E-state index < -0.39 is 5.97 Å². The Kier molecular flexibility index (Phi) is 4.06. The van der Waals surface area contributed by atoms with Gasteiger partial charge in [-0.05, 0) is 18.2 Å². The lowest BCUT2D eigenvalue weighted by molar-refractivity contribution is -0.118. The Labute approximate surface area is 102 Å². The number of carboxylic acids is 1. The Bertz CT molecular complexity index is 429. The van der Waals surface area contributed by atoms with Crippen molar-refractivity contribution in [1.29, 1.82) is 0 Å². The van der Waals surface area contributed by atoms with Gasteiger partial charge in [0.2, 0.25) is 5.91 Å². The first-order chi connectivity index (χ1) is 7.41. The van der Waals surface area contributed by atoms with Crippen molar-refractivity contribution < 1.29 is 14.7 Å². The average molecular weight is 286 g/mol. The quantitative estimate of drug-likeness (QED) is 0.897. The molecule has 86 valence electrons. The third-order valence-electron chi connectivity index (χ3n) is 1.99. The van der Waals surface area contributed by atoms with Gasteiger partial charge < -0.3 is 10.4 Å². The van der Waals surface area contributed by atoms with Gasteiger partial charge in [0.15, 0.2) is 0 Å². The fourth-order valence-corrected chi connectivity index (χ4v) is 1.44. The third-order valence-corrected chi connectivity index (χ3v) is 2.49. The number of anilines is 1. The third kappa shape index (κ3) is 3.06. The summed E-state index contributed by atoms with van der Waals surface area (Å²) < 4.78 is 0.660. The van der Waals surface area contributed by atoms with Crippen molar-refractivity contribution in [2.24, 2.45) is 5.92 Å². The van der Waals surface area contributed by atoms with Crippen LogP contribution in [0.1, 0.15) is 24.2 Å². The molecule has 4 nitrogen and oxygen atoms in total. The fourth-order valence-electron chi connectivity index (χ4n) is 1.08. The van der Waals surface area contributed by atoms with Gasteiger partial charge in [0.1, 0.15) is 0 Å². The molecule has 0 unspecified atom stereocenters. The number of hydrogen-bond acceptors (Lipinski definition) is 2. The molecule has 0 aliphatic rings. The van der Waals surface area contributed by atoms with Crippen molar-refractivity contribution in [1.82, 2.24) is 0 Å². The molecule has 5 heteroatoms. The van der Waals surface area contributed by atoms with Crippen molar-refractivity contribution in [3.05, 3.63) is 28.2 Å². The summed E-state index contributed by atoms with van der Waals surface area (Å²) in [6, 6.07) is 4.70. The minimum atomic E-state index is -1.07. The number of benzene rings is 1. The van der Waals surface area contributed by atoms with Crippen LogP contribution in [0.4, 0.5) is 5.69 Å². The number of aromatic carboxylic acids is 1. The average Bonchev–Trinajstić information content (AvgIpc) is 2.20. The summed E-state index contributed by atoms with van der Waals surface area (Å²) in [5.41, 5.74) is 0.387. The van der Waals surface area contributed by atoms with Gasteiger partial charge >= 0.3 is 5.97 Å². The Hall–Kier alpha value is -1.36. The van der Waals surface area contributed by atoms with Gasteiger partial charge in [0.25, 0.3) is 0 Å². The molecule has 1 rings (SSSR count). The van der Waals surface area contributed by atoms with E-state index in [0.717, 1.165) is 0 Å². The van der Waals surface area contributed by atoms with E-state index in [1.165, 1.54) is 6.07 Å². The van der Waals surface area contributed by atoms with Gasteiger partial charge in [-0.25, -0.2) is 4.79 Å². The molecule has 0 spiro atoms. The molecule has 0 aliphatic heterocycles. The molecular formula is C11H12BrNO3. The molecule has 1 amide bonds. The topological polar surface area (TPSA) is 66.4 Å². The highest BCUT2D eigenvalue weighted by Crippen LogP contribution is 2.21. The molecule has 0 heterocycles. The first kappa shape index (κ1) is 12.7. The van der Waals surface area contributed by atoms with Gasteiger partial charge in [0, 0.05) is 10.4 Å². The number of rotatable bonds is 3. The van der Waals surface area contributed by atoms with Crippen LogP contribution >= 0.6 is 15.9 Å². The van der Waals surface area contributed by atoms with Crippen molar-refractivity contribution in [2.45, 2.75) is 13.8 Å². The Balaban J connectivity index is 3.04. The van der Waals surface area contributed by atoms with E-state index in [1.54, 1.807) is 26.0 Å². The molecule has 1 aromatic rings. The largest absolute Gasteiger partial charge is 0.478 e. The van der Waals surface area contributed by atoms with Crippen molar-refractivity contribution in [3.8, 4) is 0 Å². The lowest BCUT2D eigenvalue weighted by Crippen LogP contribution is -2.19. The molecule has 16 heavy (non-hydrogen) atoms. The van der Waals surface area contributed by atoms with Crippen LogP contribution in [-0.4, -0.2) is 17.0 Å². The SMILES string of the molecule is CC(C)C(=O)Nc1ccc(Br)cc1C(=O)O. The predicted molar refractivity (Wildman–Crippen MR) is 64.6 cm³/mol. The van der Waals surface area contributed by atoms with E-state index in [1.807, 2.05) is 0 Å². The van der Waals surface area contributed by atoms with Crippen molar-refractivity contribution in [2.75, 3.05) is 5.32 Å². The Morgan fingerprint density at radius 3 is 2.50 bits per heavy atom. The van der Waals surface area contributed by atoms with E-state index in [-0.39, 0.29) is 17.4 Å². The lowest BCUT2D eigenvalue weighted by Gasteiger charge is -2.10. The van der Waals surface area contributed by atoms with Crippen molar-refractivity contribution in [3.63, 3.8) is 0 Å².